The lowest BCUT2D eigenvalue weighted by Gasteiger charge is -2.48. The van der Waals surface area contributed by atoms with E-state index in [0.717, 1.165) is 52.0 Å². The van der Waals surface area contributed by atoms with E-state index in [0.29, 0.717) is 31.1 Å². The summed E-state index contributed by atoms with van der Waals surface area (Å²) in [5, 5.41) is 6.16. The molecule has 188 valence electrons. The van der Waals surface area contributed by atoms with Crippen LogP contribution in [0.4, 0.5) is 0 Å². The Morgan fingerprint density at radius 1 is 1.18 bits per heavy atom. The number of amides is 2. The van der Waals surface area contributed by atoms with E-state index in [1.807, 2.05) is 6.92 Å². The number of carbonyl (C=O) groups is 2. The second kappa shape index (κ2) is 10.8. The molecule has 8 heteroatoms. The van der Waals surface area contributed by atoms with Crippen LogP contribution in [-0.2, 0) is 14.3 Å². The number of nitrogens with zero attached hydrogens (tertiary/aromatic N) is 2. The lowest BCUT2D eigenvalue weighted by atomic mass is 9.74. The molecule has 7 unspecified atom stereocenters. The van der Waals surface area contributed by atoms with Crippen LogP contribution in [0.3, 0.4) is 0 Å². The quantitative estimate of drug-likeness (QED) is 0.567. The van der Waals surface area contributed by atoms with Crippen molar-refractivity contribution in [1.82, 2.24) is 20.4 Å². The summed E-state index contributed by atoms with van der Waals surface area (Å²) in [6.45, 7) is 10.8. The smallest absolute Gasteiger partial charge is 0.225 e. The molecule has 0 spiro atoms. The molecule has 0 aromatic heterocycles. The standard InChI is InChI=1S/C25H43ClN4O3/c1-15-9-16(2)28-25(32)22(15)12-27-24(31)21-10-18(26)11-23(17(21)3)29(4)19-5-7-30(8-6-19)20-13-33-14-20/h15-23H,5-14H2,1-4H3,(H,27,31)(H,28,32). The number of halogens is 1. The van der Waals surface area contributed by atoms with E-state index in [2.05, 4.69) is 41.3 Å². The Morgan fingerprint density at radius 2 is 1.88 bits per heavy atom. The Hall–Kier alpha value is -0.890. The lowest BCUT2D eigenvalue weighted by molar-refractivity contribution is -0.132. The minimum Gasteiger partial charge on any atom is -0.378 e. The van der Waals surface area contributed by atoms with Gasteiger partial charge in [-0.1, -0.05) is 13.8 Å². The van der Waals surface area contributed by atoms with Crippen molar-refractivity contribution >= 4 is 23.4 Å². The van der Waals surface area contributed by atoms with Gasteiger partial charge in [-0.05, 0) is 57.9 Å². The Labute approximate surface area is 204 Å². The van der Waals surface area contributed by atoms with Crippen molar-refractivity contribution in [3.63, 3.8) is 0 Å². The highest BCUT2D eigenvalue weighted by Gasteiger charge is 2.43. The van der Waals surface area contributed by atoms with Crippen molar-refractivity contribution in [3.05, 3.63) is 0 Å². The number of likely N-dealkylation sites (tertiary alicyclic amines) is 1. The maximum absolute atomic E-state index is 13.2. The van der Waals surface area contributed by atoms with Crippen LogP contribution in [0.15, 0.2) is 0 Å². The van der Waals surface area contributed by atoms with Gasteiger partial charge in [-0.2, -0.15) is 0 Å². The van der Waals surface area contributed by atoms with Crippen LogP contribution in [0.25, 0.3) is 0 Å². The number of rotatable bonds is 6. The zero-order valence-electron chi connectivity index (χ0n) is 20.8. The average molecular weight is 483 g/mol. The van der Waals surface area contributed by atoms with Gasteiger partial charge in [0, 0.05) is 49.1 Å². The zero-order chi connectivity index (χ0) is 23.7. The SMILES string of the molecule is CC1CC(C)C(CNC(=O)C2CC(Cl)CC(N(C)C3CCN(C4COC4)CC3)C2C)C(=O)N1. The molecule has 4 aliphatic rings. The molecule has 4 fully saturated rings. The van der Waals surface area contributed by atoms with Crippen molar-refractivity contribution in [2.24, 2.45) is 23.7 Å². The Balaban J connectivity index is 1.31. The van der Waals surface area contributed by atoms with E-state index in [4.69, 9.17) is 16.3 Å². The largest absolute Gasteiger partial charge is 0.378 e. The molecule has 0 bridgehead atoms. The fourth-order valence-electron chi connectivity index (χ4n) is 6.60. The molecule has 1 aliphatic carbocycles. The molecular formula is C25H43ClN4O3. The minimum absolute atomic E-state index is 0.00867. The third-order valence-corrected chi connectivity index (χ3v) is 9.31. The summed E-state index contributed by atoms with van der Waals surface area (Å²) < 4.78 is 5.37. The molecule has 3 heterocycles. The second-order valence-electron chi connectivity index (χ2n) is 11.2. The zero-order valence-corrected chi connectivity index (χ0v) is 21.5. The number of hydrogen-bond donors (Lipinski definition) is 2. The van der Waals surface area contributed by atoms with E-state index < -0.39 is 0 Å². The minimum atomic E-state index is -0.152. The summed E-state index contributed by atoms with van der Waals surface area (Å²) in [6, 6.07) is 1.66. The number of alkyl halides is 1. The molecule has 2 N–H and O–H groups in total. The predicted octanol–water partition coefficient (Wildman–Crippen LogP) is 2.08. The molecular weight excluding hydrogens is 440 g/mol. The molecule has 2 amide bonds. The number of hydrogen-bond acceptors (Lipinski definition) is 5. The molecule has 3 aliphatic heterocycles. The number of carbonyl (C=O) groups excluding carboxylic acids is 2. The summed E-state index contributed by atoms with van der Waals surface area (Å²) in [5.41, 5.74) is 0. The highest BCUT2D eigenvalue weighted by molar-refractivity contribution is 6.20. The van der Waals surface area contributed by atoms with Crippen LogP contribution < -0.4 is 10.6 Å². The Kier molecular flexibility index (Phi) is 8.25. The predicted molar refractivity (Wildman–Crippen MR) is 130 cm³/mol. The number of nitrogens with one attached hydrogen (secondary N) is 2. The van der Waals surface area contributed by atoms with E-state index in [1.165, 1.54) is 0 Å². The van der Waals surface area contributed by atoms with Crippen molar-refractivity contribution < 1.29 is 14.3 Å². The van der Waals surface area contributed by atoms with E-state index in [-0.39, 0.29) is 46.9 Å². The summed E-state index contributed by atoms with van der Waals surface area (Å²) >= 11 is 6.71. The first-order valence-corrected chi connectivity index (χ1v) is 13.4. The highest BCUT2D eigenvalue weighted by Crippen LogP contribution is 2.37. The first-order chi connectivity index (χ1) is 15.7. The normalized spacial score (nSPS) is 39.2. The maximum Gasteiger partial charge on any atom is 0.225 e. The van der Waals surface area contributed by atoms with Gasteiger partial charge in [0.2, 0.25) is 11.8 Å². The van der Waals surface area contributed by atoms with Crippen LogP contribution in [0.2, 0.25) is 0 Å². The molecule has 0 aromatic carbocycles. The molecule has 3 saturated heterocycles. The van der Waals surface area contributed by atoms with Crippen LogP contribution in [0.5, 0.6) is 0 Å². The molecule has 7 nitrogen and oxygen atoms in total. The molecule has 33 heavy (non-hydrogen) atoms. The van der Waals surface area contributed by atoms with Gasteiger partial charge in [0.15, 0.2) is 0 Å². The fourth-order valence-corrected chi connectivity index (χ4v) is 6.98. The van der Waals surface area contributed by atoms with E-state index in [1.54, 1.807) is 0 Å². The molecule has 7 atom stereocenters. The van der Waals surface area contributed by atoms with Gasteiger partial charge < -0.3 is 20.3 Å². The Bertz CT molecular complexity index is 697. The van der Waals surface area contributed by atoms with Gasteiger partial charge in [-0.3, -0.25) is 14.5 Å². The first kappa shape index (κ1) is 25.2. The van der Waals surface area contributed by atoms with Gasteiger partial charge in [-0.25, -0.2) is 0 Å². The number of piperidine rings is 2. The van der Waals surface area contributed by atoms with Gasteiger partial charge in [-0.15, -0.1) is 11.6 Å². The topological polar surface area (TPSA) is 73.9 Å². The fraction of sp³-hybridized carbons (Fsp3) is 0.920. The highest BCUT2D eigenvalue weighted by atomic mass is 35.5. The van der Waals surface area contributed by atoms with E-state index >= 15 is 0 Å². The van der Waals surface area contributed by atoms with Crippen LogP contribution in [-0.4, -0.2) is 91.1 Å². The maximum atomic E-state index is 13.2. The average Bonchev–Trinajstić information content (AvgIpc) is 2.73. The van der Waals surface area contributed by atoms with Crippen molar-refractivity contribution in [2.45, 2.75) is 82.4 Å². The van der Waals surface area contributed by atoms with Crippen molar-refractivity contribution in [2.75, 3.05) is 39.9 Å². The van der Waals surface area contributed by atoms with Gasteiger partial charge in [0.25, 0.3) is 0 Å². The van der Waals surface area contributed by atoms with Crippen LogP contribution in [0, 0.1) is 23.7 Å². The third-order valence-electron chi connectivity index (χ3n) is 8.95. The molecule has 0 radical (unpaired) electrons. The van der Waals surface area contributed by atoms with E-state index in [9.17, 15) is 9.59 Å². The monoisotopic (exact) mass is 482 g/mol. The third kappa shape index (κ3) is 5.68. The van der Waals surface area contributed by atoms with Gasteiger partial charge >= 0.3 is 0 Å². The molecule has 0 aromatic rings. The summed E-state index contributed by atoms with van der Waals surface area (Å²) in [4.78, 5) is 30.8. The van der Waals surface area contributed by atoms with Crippen molar-refractivity contribution in [3.8, 4) is 0 Å². The number of ether oxygens (including phenoxy) is 1. The van der Waals surface area contributed by atoms with Crippen LogP contribution >= 0.6 is 11.6 Å². The first-order valence-electron chi connectivity index (χ1n) is 13.0. The molecule has 1 saturated carbocycles. The Morgan fingerprint density at radius 3 is 2.48 bits per heavy atom. The van der Waals surface area contributed by atoms with Crippen LogP contribution in [0.1, 0.15) is 52.9 Å². The lowest BCUT2D eigenvalue weighted by Crippen LogP contribution is -2.57. The summed E-state index contributed by atoms with van der Waals surface area (Å²) in [6.07, 6.45) is 4.91. The summed E-state index contributed by atoms with van der Waals surface area (Å²) in [5.74, 6) is 0.369. The van der Waals surface area contributed by atoms with Gasteiger partial charge in [0.05, 0.1) is 25.2 Å². The summed E-state index contributed by atoms with van der Waals surface area (Å²) in [7, 11) is 2.23. The molecule has 4 rings (SSSR count). The second-order valence-corrected chi connectivity index (χ2v) is 11.8. The van der Waals surface area contributed by atoms with Gasteiger partial charge in [0.1, 0.15) is 0 Å². The van der Waals surface area contributed by atoms with Crippen molar-refractivity contribution in [1.29, 1.82) is 0 Å².